The Morgan fingerprint density at radius 2 is 0.694 bits per heavy atom. The zero-order chi connectivity index (χ0) is 26.7. The van der Waals surface area contributed by atoms with E-state index in [4.69, 9.17) is 18.9 Å². The van der Waals surface area contributed by atoms with Crippen LogP contribution in [0.1, 0.15) is 81.1 Å². The lowest BCUT2D eigenvalue weighted by molar-refractivity contribution is -0.240. The first-order valence-corrected chi connectivity index (χ1v) is 15.9. The summed E-state index contributed by atoms with van der Waals surface area (Å²) in [5.74, 6) is 0. The predicted molar refractivity (Wildman–Crippen MR) is 131 cm³/mol. The smallest absolute Gasteiger partial charge is 0.287 e. The third-order valence-electron chi connectivity index (χ3n) is 7.97. The zero-order valence-corrected chi connectivity index (χ0v) is 24.1. The van der Waals surface area contributed by atoms with Gasteiger partial charge >= 0.3 is 0 Å². The predicted octanol–water partition coefficient (Wildman–Crippen LogP) is 1.96. The summed E-state index contributed by atoms with van der Waals surface area (Å²) in [6.07, 6.45) is -3.00. The van der Waals surface area contributed by atoms with Crippen molar-refractivity contribution in [3.63, 3.8) is 0 Å². The fourth-order valence-corrected chi connectivity index (χ4v) is 9.77. The van der Waals surface area contributed by atoms with Gasteiger partial charge in [0.1, 0.15) is 0 Å². The van der Waals surface area contributed by atoms with Crippen molar-refractivity contribution in [3.05, 3.63) is 0 Å². The maximum absolute atomic E-state index is 13.4. The van der Waals surface area contributed by atoms with Gasteiger partial charge in [-0.05, 0) is 53.4 Å². The first kappa shape index (κ1) is 28.6. The number of hydrogen-bond acceptors (Lipinski definition) is 8. The van der Waals surface area contributed by atoms with E-state index in [1.807, 2.05) is 55.4 Å². The Morgan fingerprint density at radius 1 is 0.500 bits per heavy atom. The van der Waals surface area contributed by atoms with Crippen LogP contribution in [0.4, 0.5) is 0 Å². The molecule has 210 valence electrons. The molecular weight excluding hydrogens is 512 g/mol. The molecule has 14 heteroatoms. The summed E-state index contributed by atoms with van der Waals surface area (Å²) >= 11 is 0. The molecule has 9 atom stereocenters. The molecule has 0 spiro atoms. The third kappa shape index (κ3) is 4.25. The lowest BCUT2D eigenvalue weighted by Crippen LogP contribution is -2.48. The van der Waals surface area contributed by atoms with Crippen molar-refractivity contribution >= 4 is 20.4 Å². The average Bonchev–Trinajstić information content (AvgIpc) is 3.52. The first-order chi connectivity index (χ1) is 16.9. The monoisotopic (exact) mass is 554 g/mol. The number of nitrogens with zero attached hydrogens (tertiary/aromatic N) is 4. The van der Waals surface area contributed by atoms with Crippen LogP contribution < -0.4 is 0 Å². The number of rotatable bonds is 9. The van der Waals surface area contributed by atoms with Gasteiger partial charge in [0, 0.05) is 24.2 Å². The Bertz CT molecular complexity index is 870. The normalized spacial score (nSPS) is 38.7. The lowest BCUT2D eigenvalue weighted by atomic mass is 10.2. The molecule has 1 unspecified atom stereocenters. The molecule has 12 nitrogen and oxygen atoms in total. The summed E-state index contributed by atoms with van der Waals surface area (Å²) in [5.41, 5.74) is 0. The maximum Gasteiger partial charge on any atom is 0.287 e. The second-order valence-electron chi connectivity index (χ2n) is 10.2. The summed E-state index contributed by atoms with van der Waals surface area (Å²) in [5, 5.41) is 0. The van der Waals surface area contributed by atoms with Crippen LogP contribution in [0.5, 0.6) is 0 Å². The van der Waals surface area contributed by atoms with Gasteiger partial charge < -0.3 is 18.9 Å². The van der Waals surface area contributed by atoms with E-state index in [2.05, 4.69) is 0 Å². The van der Waals surface area contributed by atoms with Gasteiger partial charge in [0.25, 0.3) is 20.4 Å². The summed E-state index contributed by atoms with van der Waals surface area (Å²) in [7, 11) is -7.59. The maximum atomic E-state index is 13.4. The Balaban J connectivity index is 1.62. The molecule has 0 bridgehead atoms. The van der Waals surface area contributed by atoms with Crippen LogP contribution in [-0.2, 0) is 39.4 Å². The van der Waals surface area contributed by atoms with Crippen LogP contribution in [-0.4, -0.2) is 95.7 Å². The second-order valence-corrected chi connectivity index (χ2v) is 13.7. The van der Waals surface area contributed by atoms with Gasteiger partial charge in [0.05, 0.1) is 0 Å². The molecule has 0 radical (unpaired) electrons. The fraction of sp³-hybridized carbons (Fsp3) is 1.00. The van der Waals surface area contributed by atoms with Crippen LogP contribution in [0, 0.1) is 0 Å². The van der Waals surface area contributed by atoms with Crippen molar-refractivity contribution in [3.8, 4) is 0 Å². The fourth-order valence-electron chi connectivity index (χ4n) is 5.26. The third-order valence-corrected chi connectivity index (χ3v) is 12.4. The van der Waals surface area contributed by atoms with Crippen LogP contribution in [0.25, 0.3) is 0 Å². The number of fused-ring (bicyclic) bond motifs is 2. The minimum Gasteiger partial charge on any atom is -0.324 e. The Hall–Kier alpha value is -0.420. The van der Waals surface area contributed by atoms with E-state index < -0.39 is 57.9 Å². The van der Waals surface area contributed by atoms with Gasteiger partial charge in [0.15, 0.2) is 24.9 Å². The average molecular weight is 555 g/mol. The highest BCUT2D eigenvalue weighted by molar-refractivity contribution is 7.87. The highest BCUT2D eigenvalue weighted by Crippen LogP contribution is 2.45. The molecule has 0 aromatic carbocycles. The molecule has 4 heterocycles. The van der Waals surface area contributed by atoms with Gasteiger partial charge in [-0.2, -0.15) is 34.1 Å². The van der Waals surface area contributed by atoms with Gasteiger partial charge in [-0.25, -0.2) is 0 Å². The van der Waals surface area contributed by atoms with Crippen LogP contribution >= 0.6 is 0 Å². The van der Waals surface area contributed by atoms with E-state index >= 15 is 0 Å². The van der Waals surface area contributed by atoms with E-state index in [0.717, 1.165) is 0 Å². The Kier molecular flexibility index (Phi) is 8.16. The molecule has 0 aromatic rings. The Labute approximate surface area is 216 Å². The highest BCUT2D eigenvalue weighted by atomic mass is 32.2. The number of hydrogen-bond donors (Lipinski definition) is 0. The first-order valence-electron chi connectivity index (χ1n) is 13.1. The van der Waals surface area contributed by atoms with Crippen molar-refractivity contribution in [2.75, 3.05) is 0 Å². The minimum absolute atomic E-state index is 0.296. The van der Waals surface area contributed by atoms with Gasteiger partial charge in [0.2, 0.25) is 12.6 Å². The van der Waals surface area contributed by atoms with Gasteiger partial charge in [-0.3, -0.25) is 0 Å². The van der Waals surface area contributed by atoms with E-state index in [-0.39, 0.29) is 24.2 Å². The topological polar surface area (TPSA) is 118 Å². The molecular formula is C22H42N4O8S2. The van der Waals surface area contributed by atoms with E-state index in [0.29, 0.717) is 25.7 Å². The Morgan fingerprint density at radius 3 is 0.861 bits per heavy atom. The summed E-state index contributed by atoms with van der Waals surface area (Å²) in [6, 6.07) is -1.18. The quantitative estimate of drug-likeness (QED) is 0.425. The molecule has 4 aliphatic heterocycles. The van der Waals surface area contributed by atoms with Crippen molar-refractivity contribution in [2.24, 2.45) is 0 Å². The largest absolute Gasteiger partial charge is 0.324 e. The molecule has 0 aliphatic carbocycles. The molecule has 36 heavy (non-hydrogen) atoms. The molecule has 4 rings (SSSR count). The number of ether oxygens (including phenoxy) is 4. The molecule has 4 saturated heterocycles. The van der Waals surface area contributed by atoms with Crippen LogP contribution in [0.3, 0.4) is 0 Å². The van der Waals surface area contributed by atoms with Crippen LogP contribution in [0.15, 0.2) is 0 Å². The van der Waals surface area contributed by atoms with Crippen molar-refractivity contribution in [2.45, 2.75) is 143 Å². The van der Waals surface area contributed by atoms with Crippen molar-refractivity contribution < 1.29 is 35.8 Å². The van der Waals surface area contributed by atoms with Crippen molar-refractivity contribution in [1.82, 2.24) is 17.2 Å². The summed E-state index contributed by atoms with van der Waals surface area (Å²) in [6.45, 7) is 15.1. The second kappa shape index (κ2) is 10.3. The van der Waals surface area contributed by atoms with E-state index in [1.54, 1.807) is 0 Å². The molecule has 0 saturated carbocycles. The SMILES string of the molecule is CC[C@@H](C)N1[C@H]2OC(C3O[C@@H]4[C@@H](O3)N([C@@H](C)CC)S(=O)(=O)N4[C@@H](C)CC)O[C@@H]2N([C@@H](C)CC)S1(=O)=O. The van der Waals surface area contributed by atoms with E-state index in [1.165, 1.54) is 17.2 Å². The molecule has 4 fully saturated rings. The van der Waals surface area contributed by atoms with Gasteiger partial charge in [-0.1, -0.05) is 27.7 Å². The minimum atomic E-state index is -3.79. The van der Waals surface area contributed by atoms with E-state index in [9.17, 15) is 16.8 Å². The standard InChI is InChI=1S/C22H42N4O8S2/c1-9-13(5)23-17-18(24(14(6)10-2)35(23,27)28)32-21(31-17)22-33-19-20(34-22)26(16(8)12-4)36(29,30)25(19)15(7)11-3/h13-22H,9-12H2,1-8H3/t13-,14-,15-,16+,17+,18+,19-,20-,22?/m0/s1. The molecule has 4 aliphatic rings. The zero-order valence-electron chi connectivity index (χ0n) is 22.5. The van der Waals surface area contributed by atoms with Crippen LogP contribution in [0.2, 0.25) is 0 Å². The highest BCUT2D eigenvalue weighted by Gasteiger charge is 2.65. The molecule has 0 amide bonds. The molecule has 0 aromatic heterocycles. The summed E-state index contributed by atoms with van der Waals surface area (Å²) in [4.78, 5) is 0. The molecule has 0 N–H and O–H groups in total. The lowest BCUT2D eigenvalue weighted by Gasteiger charge is -2.32. The van der Waals surface area contributed by atoms with Gasteiger partial charge in [-0.15, -0.1) is 0 Å². The van der Waals surface area contributed by atoms with Crippen molar-refractivity contribution in [1.29, 1.82) is 0 Å². The summed E-state index contributed by atoms with van der Waals surface area (Å²) < 4.78 is 83.9.